The minimum atomic E-state index is -0.592. The first-order chi connectivity index (χ1) is 19.4. The summed E-state index contributed by atoms with van der Waals surface area (Å²) in [7, 11) is 0. The Morgan fingerprint density at radius 2 is 1.52 bits per heavy atom. The van der Waals surface area contributed by atoms with Crippen LogP contribution in [0.5, 0.6) is 5.75 Å². The molecule has 42 heavy (non-hydrogen) atoms. The Hall–Kier alpha value is -3.15. The van der Waals surface area contributed by atoms with Gasteiger partial charge in [-0.3, -0.25) is 14.6 Å². The van der Waals surface area contributed by atoms with Crippen LogP contribution in [0.4, 0.5) is 0 Å². The Morgan fingerprint density at radius 1 is 0.952 bits per heavy atom. The van der Waals surface area contributed by atoms with E-state index < -0.39 is 5.60 Å². The molecule has 1 aliphatic rings. The molecule has 0 unspecified atom stereocenters. The number of amidine groups is 1. The van der Waals surface area contributed by atoms with Crippen LogP contribution in [-0.4, -0.2) is 52.8 Å². The number of ketones is 1. The second-order valence-electron chi connectivity index (χ2n) is 14.8. The third-order valence-corrected chi connectivity index (χ3v) is 7.81. The molecule has 0 aromatic heterocycles. The van der Waals surface area contributed by atoms with E-state index in [2.05, 4.69) is 24.0 Å². The standard InChI is InChI=1S/C36H52N2O4/c1-11-15-25-22-38(23-30(39)26-19-28(34(2,3)4)32(41)29(20-26)35(5,6)7)33(37-21-31(40)42-36(8,9)10)27(25)18-24-16-13-12-14-17-24/h12-14,16-17,19-20,25,27,41H,11,15,18,21-23H2,1-10H3/t25-,27+/m0/s1. The van der Waals surface area contributed by atoms with Gasteiger partial charge in [0.2, 0.25) is 0 Å². The maximum atomic E-state index is 14.0. The fraction of sp³-hybridized carbons (Fsp3) is 0.583. The summed E-state index contributed by atoms with van der Waals surface area (Å²) >= 11 is 0. The quantitative estimate of drug-likeness (QED) is 0.247. The molecule has 0 bridgehead atoms. The van der Waals surface area contributed by atoms with Crippen molar-refractivity contribution in [1.82, 2.24) is 4.90 Å². The number of hydrogen-bond acceptors (Lipinski definition) is 5. The van der Waals surface area contributed by atoms with Gasteiger partial charge >= 0.3 is 5.97 Å². The second kappa shape index (κ2) is 13.0. The molecule has 1 heterocycles. The molecule has 1 N–H and O–H groups in total. The molecular weight excluding hydrogens is 524 g/mol. The highest BCUT2D eigenvalue weighted by Crippen LogP contribution is 2.40. The summed E-state index contributed by atoms with van der Waals surface area (Å²) in [5.41, 5.74) is 2.08. The molecule has 0 aliphatic carbocycles. The number of rotatable bonds is 9. The Balaban J connectivity index is 2.02. The van der Waals surface area contributed by atoms with Gasteiger partial charge in [0.05, 0.1) is 6.54 Å². The van der Waals surface area contributed by atoms with Crippen LogP contribution in [0.25, 0.3) is 0 Å². The topological polar surface area (TPSA) is 79.2 Å². The summed E-state index contributed by atoms with van der Waals surface area (Å²) in [5.74, 6) is 1.09. The Bertz CT molecular complexity index is 1240. The number of nitrogens with zero attached hydrogens (tertiary/aromatic N) is 2. The molecule has 1 aliphatic heterocycles. The van der Waals surface area contributed by atoms with Crippen LogP contribution in [0.1, 0.15) is 109 Å². The van der Waals surface area contributed by atoms with E-state index in [1.54, 1.807) is 0 Å². The fourth-order valence-electron chi connectivity index (χ4n) is 5.82. The van der Waals surface area contributed by atoms with E-state index in [0.29, 0.717) is 18.0 Å². The number of ether oxygens (including phenoxy) is 1. The van der Waals surface area contributed by atoms with E-state index in [-0.39, 0.29) is 47.3 Å². The number of hydrogen-bond donors (Lipinski definition) is 1. The smallest absolute Gasteiger partial charge is 0.328 e. The highest BCUT2D eigenvalue weighted by Gasteiger charge is 2.39. The van der Waals surface area contributed by atoms with Crippen molar-refractivity contribution in [2.24, 2.45) is 16.8 Å². The fourth-order valence-corrected chi connectivity index (χ4v) is 5.82. The molecule has 1 fully saturated rings. The third kappa shape index (κ3) is 8.68. The summed E-state index contributed by atoms with van der Waals surface area (Å²) in [5, 5.41) is 11.2. The van der Waals surface area contributed by atoms with Crippen LogP contribution in [0.3, 0.4) is 0 Å². The highest BCUT2D eigenvalue weighted by atomic mass is 16.6. The van der Waals surface area contributed by atoms with Crippen LogP contribution in [0.2, 0.25) is 0 Å². The molecule has 2 atom stereocenters. The SMILES string of the molecule is CCC[C@H]1CN(CC(=O)c2cc(C(C)(C)C)c(O)c(C(C)(C)C)c2)C(=NCC(=O)OC(C)(C)C)[C@@H]1Cc1ccccc1. The number of aromatic hydroxyl groups is 1. The first-order valence-corrected chi connectivity index (χ1v) is 15.4. The normalized spacial score (nSPS) is 18.9. The van der Waals surface area contributed by atoms with Gasteiger partial charge in [-0.05, 0) is 68.1 Å². The van der Waals surface area contributed by atoms with Crippen LogP contribution >= 0.6 is 0 Å². The van der Waals surface area contributed by atoms with Crippen molar-refractivity contribution in [2.45, 2.75) is 105 Å². The zero-order valence-corrected chi connectivity index (χ0v) is 27.5. The number of carbonyl (C=O) groups excluding carboxylic acids is 2. The van der Waals surface area contributed by atoms with Crippen molar-refractivity contribution in [1.29, 1.82) is 0 Å². The minimum Gasteiger partial charge on any atom is -0.507 e. The van der Waals surface area contributed by atoms with Crippen molar-refractivity contribution >= 4 is 17.6 Å². The number of likely N-dealkylation sites (tertiary alicyclic amines) is 1. The van der Waals surface area contributed by atoms with Crippen molar-refractivity contribution < 1.29 is 19.4 Å². The number of phenolic OH excluding ortho intramolecular Hbond substituents is 1. The summed E-state index contributed by atoms with van der Waals surface area (Å²) in [6.07, 6.45) is 2.83. The predicted octanol–water partition coefficient (Wildman–Crippen LogP) is 7.50. The maximum Gasteiger partial charge on any atom is 0.328 e. The first-order valence-electron chi connectivity index (χ1n) is 15.4. The highest BCUT2D eigenvalue weighted by molar-refractivity contribution is 6.01. The summed E-state index contributed by atoms with van der Waals surface area (Å²) in [6, 6.07) is 14.1. The Kier molecular flexibility index (Phi) is 10.3. The lowest BCUT2D eigenvalue weighted by Gasteiger charge is -2.28. The molecule has 0 saturated carbocycles. The van der Waals surface area contributed by atoms with E-state index in [1.165, 1.54) is 5.56 Å². The molecule has 6 heteroatoms. The lowest BCUT2D eigenvalue weighted by Crippen LogP contribution is -2.34. The zero-order chi connectivity index (χ0) is 31.5. The molecule has 1 saturated heterocycles. The van der Waals surface area contributed by atoms with Gasteiger partial charge in [0.15, 0.2) is 5.78 Å². The van der Waals surface area contributed by atoms with Gasteiger partial charge in [0.1, 0.15) is 23.7 Å². The molecular formula is C36H52N2O4. The van der Waals surface area contributed by atoms with Crippen molar-refractivity contribution in [3.63, 3.8) is 0 Å². The molecule has 0 amide bonds. The number of Topliss-reactive ketones (excluding diaryl/α,β-unsaturated/α-hetero) is 1. The van der Waals surface area contributed by atoms with E-state index in [0.717, 1.165) is 36.2 Å². The third-order valence-electron chi connectivity index (χ3n) is 7.81. The van der Waals surface area contributed by atoms with Crippen LogP contribution in [0, 0.1) is 11.8 Å². The number of benzene rings is 2. The second-order valence-corrected chi connectivity index (χ2v) is 14.8. The Morgan fingerprint density at radius 3 is 2.02 bits per heavy atom. The monoisotopic (exact) mass is 576 g/mol. The van der Waals surface area contributed by atoms with E-state index in [4.69, 9.17) is 9.73 Å². The predicted molar refractivity (Wildman–Crippen MR) is 172 cm³/mol. The molecule has 6 nitrogen and oxygen atoms in total. The number of aliphatic imine (C=N–C) groups is 1. The summed E-state index contributed by atoms with van der Waals surface area (Å²) < 4.78 is 5.56. The van der Waals surface area contributed by atoms with Gasteiger partial charge in [-0.25, -0.2) is 0 Å². The van der Waals surface area contributed by atoms with E-state index in [1.807, 2.05) is 92.6 Å². The molecule has 3 rings (SSSR count). The van der Waals surface area contributed by atoms with Gasteiger partial charge in [0, 0.05) is 29.2 Å². The molecule has 230 valence electrons. The molecule has 0 spiro atoms. The first kappa shape index (κ1) is 33.4. The average Bonchev–Trinajstić information content (AvgIpc) is 3.16. The number of esters is 1. The average molecular weight is 577 g/mol. The molecule has 0 radical (unpaired) electrons. The van der Waals surface area contributed by atoms with Gasteiger partial charge in [-0.2, -0.15) is 0 Å². The largest absolute Gasteiger partial charge is 0.507 e. The Labute approximate surface area is 253 Å². The van der Waals surface area contributed by atoms with Crippen molar-refractivity contribution in [3.05, 3.63) is 64.7 Å². The summed E-state index contributed by atoms with van der Waals surface area (Å²) in [4.78, 5) is 33.6. The van der Waals surface area contributed by atoms with E-state index in [9.17, 15) is 14.7 Å². The van der Waals surface area contributed by atoms with Crippen LogP contribution in [-0.2, 0) is 26.8 Å². The lowest BCUT2D eigenvalue weighted by atomic mass is 9.78. The van der Waals surface area contributed by atoms with Gasteiger partial charge in [-0.1, -0.05) is 85.2 Å². The van der Waals surface area contributed by atoms with Gasteiger partial charge in [0.25, 0.3) is 0 Å². The zero-order valence-electron chi connectivity index (χ0n) is 27.5. The number of phenols is 1. The maximum absolute atomic E-state index is 14.0. The molecule has 2 aromatic rings. The van der Waals surface area contributed by atoms with Crippen molar-refractivity contribution in [3.8, 4) is 5.75 Å². The minimum absolute atomic E-state index is 0.0217. The van der Waals surface area contributed by atoms with Crippen LogP contribution < -0.4 is 0 Å². The van der Waals surface area contributed by atoms with Gasteiger partial charge < -0.3 is 14.7 Å². The van der Waals surface area contributed by atoms with Crippen LogP contribution in [0.15, 0.2) is 47.5 Å². The van der Waals surface area contributed by atoms with E-state index >= 15 is 0 Å². The molecule has 2 aromatic carbocycles. The summed E-state index contributed by atoms with van der Waals surface area (Å²) in [6.45, 7) is 20.8. The van der Waals surface area contributed by atoms with Gasteiger partial charge in [-0.15, -0.1) is 0 Å². The lowest BCUT2D eigenvalue weighted by molar-refractivity contribution is -0.152. The number of carbonyl (C=O) groups is 2. The van der Waals surface area contributed by atoms with Crippen molar-refractivity contribution in [2.75, 3.05) is 19.6 Å².